The highest BCUT2D eigenvalue weighted by molar-refractivity contribution is 5.94. The number of imide groups is 1. The first-order valence-electron chi connectivity index (χ1n) is 9.76. The summed E-state index contributed by atoms with van der Waals surface area (Å²) in [6, 6.07) is 9.44. The fraction of sp³-hybridized carbons (Fsp3) is 0.619. The van der Waals surface area contributed by atoms with E-state index in [1.165, 1.54) is 17.7 Å². The maximum atomic E-state index is 12.8. The van der Waals surface area contributed by atoms with Crippen LogP contribution in [0.4, 0.5) is 4.79 Å². The molecule has 2 rings (SSSR count). The molecule has 1 aliphatic heterocycles. The number of amides is 2. The van der Waals surface area contributed by atoms with Crippen LogP contribution in [0.3, 0.4) is 0 Å². The number of carbonyl (C=O) groups excluding carboxylic acids is 2. The van der Waals surface area contributed by atoms with Crippen LogP contribution in [0.25, 0.3) is 0 Å². The van der Waals surface area contributed by atoms with Crippen LogP contribution in [0.2, 0.25) is 0 Å². The summed E-state index contributed by atoms with van der Waals surface area (Å²) in [5.41, 5.74) is 1.05. The van der Waals surface area contributed by atoms with Crippen molar-refractivity contribution in [3.8, 4) is 0 Å². The van der Waals surface area contributed by atoms with Crippen molar-refractivity contribution in [3.05, 3.63) is 35.9 Å². The van der Waals surface area contributed by atoms with Gasteiger partial charge in [-0.25, -0.2) is 9.69 Å². The second-order valence-electron chi connectivity index (χ2n) is 7.19. The number of nitrogens with zero attached hydrogens (tertiary/aromatic N) is 1. The van der Waals surface area contributed by atoms with Gasteiger partial charge in [0.05, 0.1) is 18.1 Å². The van der Waals surface area contributed by atoms with E-state index in [9.17, 15) is 14.7 Å². The molecule has 1 heterocycles. The lowest BCUT2D eigenvalue weighted by Crippen LogP contribution is -2.45. The summed E-state index contributed by atoms with van der Waals surface area (Å²) in [5, 5.41) is 10.4. The molecule has 3 atom stereocenters. The van der Waals surface area contributed by atoms with Crippen molar-refractivity contribution < 1.29 is 19.4 Å². The summed E-state index contributed by atoms with van der Waals surface area (Å²) in [4.78, 5) is 26.1. The Hall–Kier alpha value is -1.88. The molecule has 0 saturated carbocycles. The van der Waals surface area contributed by atoms with Crippen molar-refractivity contribution in [2.24, 2.45) is 5.92 Å². The van der Waals surface area contributed by atoms with Crippen LogP contribution in [-0.4, -0.2) is 40.8 Å². The normalized spacial score (nSPS) is 19.3. The lowest BCUT2D eigenvalue weighted by atomic mass is 9.96. The van der Waals surface area contributed by atoms with Gasteiger partial charge in [0.25, 0.3) is 0 Å². The lowest BCUT2D eigenvalue weighted by molar-refractivity contribution is -0.136. The van der Waals surface area contributed by atoms with Gasteiger partial charge in [-0.3, -0.25) is 4.79 Å². The van der Waals surface area contributed by atoms with Crippen molar-refractivity contribution >= 4 is 12.0 Å². The van der Waals surface area contributed by atoms with Crippen LogP contribution in [0.15, 0.2) is 30.3 Å². The van der Waals surface area contributed by atoms with E-state index in [0.29, 0.717) is 12.8 Å². The predicted octanol–water partition coefficient (Wildman–Crippen LogP) is 3.93. The number of carbonyl (C=O) groups is 2. The van der Waals surface area contributed by atoms with Gasteiger partial charge in [0.1, 0.15) is 6.61 Å². The molecule has 0 aromatic heterocycles. The Morgan fingerprint density at radius 2 is 1.92 bits per heavy atom. The SMILES string of the molecule is CCCCCCC[C@H](O)[C@H](C)C(=O)N1C(=O)OC[C@H]1Cc1ccccc1. The molecule has 1 fully saturated rings. The van der Waals surface area contributed by atoms with Gasteiger partial charge in [0.15, 0.2) is 0 Å². The van der Waals surface area contributed by atoms with Crippen molar-refractivity contribution in [2.75, 3.05) is 6.61 Å². The highest BCUT2D eigenvalue weighted by Crippen LogP contribution is 2.22. The van der Waals surface area contributed by atoms with Crippen LogP contribution in [0, 0.1) is 5.92 Å². The van der Waals surface area contributed by atoms with Crippen LogP contribution in [0.5, 0.6) is 0 Å². The fourth-order valence-electron chi connectivity index (χ4n) is 3.36. The number of rotatable bonds is 10. The summed E-state index contributed by atoms with van der Waals surface area (Å²) in [6.45, 7) is 4.07. The molecule has 144 valence electrons. The Morgan fingerprint density at radius 1 is 1.23 bits per heavy atom. The van der Waals surface area contributed by atoms with E-state index in [1.807, 2.05) is 30.3 Å². The van der Waals surface area contributed by atoms with E-state index >= 15 is 0 Å². The van der Waals surface area contributed by atoms with Gasteiger partial charge in [-0.1, -0.05) is 76.3 Å². The van der Waals surface area contributed by atoms with Crippen molar-refractivity contribution in [1.82, 2.24) is 4.90 Å². The van der Waals surface area contributed by atoms with Crippen molar-refractivity contribution in [1.29, 1.82) is 0 Å². The molecule has 5 heteroatoms. The molecule has 1 N–H and O–H groups in total. The largest absolute Gasteiger partial charge is 0.447 e. The van der Waals surface area contributed by atoms with Crippen LogP contribution >= 0.6 is 0 Å². The Bertz CT molecular complexity index is 575. The monoisotopic (exact) mass is 361 g/mol. The summed E-state index contributed by atoms with van der Waals surface area (Å²) in [5.74, 6) is -0.945. The van der Waals surface area contributed by atoms with Crippen molar-refractivity contribution in [3.63, 3.8) is 0 Å². The molecule has 2 amide bonds. The highest BCUT2D eigenvalue weighted by atomic mass is 16.6. The van der Waals surface area contributed by atoms with Crippen LogP contribution in [-0.2, 0) is 16.0 Å². The smallest absolute Gasteiger partial charge is 0.416 e. The molecule has 1 aliphatic rings. The average molecular weight is 361 g/mol. The molecule has 0 bridgehead atoms. The maximum absolute atomic E-state index is 12.8. The standard InChI is InChI=1S/C21H31NO4/c1-3-4-5-6-10-13-19(23)16(2)20(24)22-18(15-26-21(22)25)14-17-11-8-7-9-12-17/h7-9,11-12,16,18-19,23H,3-6,10,13-15H2,1-2H3/t16-,18+,19-/m0/s1. The number of cyclic esters (lactones) is 1. The Balaban J connectivity index is 1.91. The van der Waals surface area contributed by atoms with E-state index in [4.69, 9.17) is 4.74 Å². The van der Waals surface area contributed by atoms with Gasteiger partial charge in [0, 0.05) is 0 Å². The summed E-state index contributed by atoms with van der Waals surface area (Å²) >= 11 is 0. The van der Waals surface area contributed by atoms with Crippen molar-refractivity contribution in [2.45, 2.75) is 70.9 Å². The summed E-state index contributed by atoms with van der Waals surface area (Å²) in [6.07, 6.45) is 5.32. The van der Waals surface area contributed by atoms with Gasteiger partial charge >= 0.3 is 6.09 Å². The van der Waals surface area contributed by atoms with E-state index < -0.39 is 18.1 Å². The number of hydrogen-bond donors (Lipinski definition) is 1. The number of aliphatic hydroxyl groups excluding tert-OH is 1. The third-order valence-electron chi connectivity index (χ3n) is 5.08. The molecular formula is C21H31NO4. The molecule has 5 nitrogen and oxygen atoms in total. The van der Waals surface area contributed by atoms with Gasteiger partial charge in [-0.15, -0.1) is 0 Å². The van der Waals surface area contributed by atoms with Gasteiger partial charge in [0.2, 0.25) is 5.91 Å². The van der Waals surface area contributed by atoms with E-state index in [2.05, 4.69) is 6.92 Å². The van der Waals surface area contributed by atoms with E-state index in [0.717, 1.165) is 24.8 Å². The van der Waals surface area contributed by atoms with E-state index in [1.54, 1.807) is 6.92 Å². The Kier molecular flexibility index (Phi) is 8.10. The molecule has 0 radical (unpaired) electrons. The van der Waals surface area contributed by atoms with E-state index in [-0.39, 0.29) is 18.6 Å². The molecule has 26 heavy (non-hydrogen) atoms. The first-order valence-corrected chi connectivity index (χ1v) is 9.76. The van der Waals surface area contributed by atoms with Gasteiger partial charge in [-0.2, -0.15) is 0 Å². The zero-order valence-corrected chi connectivity index (χ0v) is 15.9. The molecule has 1 aromatic rings. The number of hydrogen-bond acceptors (Lipinski definition) is 4. The zero-order valence-electron chi connectivity index (χ0n) is 15.9. The first-order chi connectivity index (χ1) is 12.5. The number of ether oxygens (including phenoxy) is 1. The summed E-state index contributed by atoms with van der Waals surface area (Å²) < 4.78 is 5.11. The molecule has 0 unspecified atom stereocenters. The molecule has 1 aromatic carbocycles. The second kappa shape index (κ2) is 10.3. The molecule has 1 saturated heterocycles. The number of benzene rings is 1. The van der Waals surface area contributed by atoms with Gasteiger partial charge < -0.3 is 9.84 Å². The molecule has 0 spiro atoms. The minimum absolute atomic E-state index is 0.208. The topological polar surface area (TPSA) is 66.8 Å². The maximum Gasteiger partial charge on any atom is 0.416 e. The Morgan fingerprint density at radius 3 is 2.62 bits per heavy atom. The minimum Gasteiger partial charge on any atom is -0.447 e. The second-order valence-corrected chi connectivity index (χ2v) is 7.19. The molecule has 0 aliphatic carbocycles. The van der Waals surface area contributed by atoms with Gasteiger partial charge in [-0.05, 0) is 18.4 Å². The quantitative estimate of drug-likeness (QED) is 0.641. The predicted molar refractivity (Wildman–Crippen MR) is 101 cm³/mol. The minimum atomic E-state index is -0.727. The number of unbranched alkanes of at least 4 members (excludes halogenated alkanes) is 4. The highest BCUT2D eigenvalue weighted by Gasteiger charge is 2.41. The third-order valence-corrected chi connectivity index (χ3v) is 5.08. The number of aliphatic hydroxyl groups is 1. The summed E-state index contributed by atoms with van der Waals surface area (Å²) in [7, 11) is 0. The molecular weight excluding hydrogens is 330 g/mol. The lowest BCUT2D eigenvalue weighted by Gasteiger charge is -2.25. The zero-order chi connectivity index (χ0) is 18.9. The first kappa shape index (κ1) is 20.4. The Labute approximate surface area is 156 Å². The van der Waals surface area contributed by atoms with Crippen LogP contribution in [0.1, 0.15) is 57.9 Å². The average Bonchev–Trinajstić information content (AvgIpc) is 3.01. The fourth-order valence-corrected chi connectivity index (χ4v) is 3.36. The third kappa shape index (κ3) is 5.56. The van der Waals surface area contributed by atoms with Crippen LogP contribution < -0.4 is 0 Å².